The lowest BCUT2D eigenvalue weighted by molar-refractivity contribution is 1.33. The summed E-state index contributed by atoms with van der Waals surface area (Å²) in [7, 11) is 0. The molecule has 0 saturated carbocycles. The van der Waals surface area contributed by atoms with Gasteiger partial charge in [-0.3, -0.25) is 4.98 Å². The number of hydrogen-bond acceptors (Lipinski definition) is 2. The van der Waals surface area contributed by atoms with E-state index in [2.05, 4.69) is 11.6 Å². The van der Waals surface area contributed by atoms with E-state index in [1.54, 1.807) is 6.20 Å². The number of nitrogens with two attached hydrogens (primary N) is 1. The second-order valence-electron chi connectivity index (χ2n) is 3.34. The molecule has 0 radical (unpaired) electrons. The van der Waals surface area contributed by atoms with Crippen LogP contribution in [0.15, 0.2) is 55.4 Å². The van der Waals surface area contributed by atoms with Gasteiger partial charge in [0.25, 0.3) is 0 Å². The quantitative estimate of drug-likeness (QED) is 0.802. The molecule has 0 unspecified atom stereocenters. The van der Waals surface area contributed by atoms with Gasteiger partial charge in [0, 0.05) is 18.1 Å². The van der Waals surface area contributed by atoms with Crippen molar-refractivity contribution in [1.82, 2.24) is 4.98 Å². The van der Waals surface area contributed by atoms with Crippen LogP contribution in [0.2, 0.25) is 0 Å². The molecule has 2 aromatic rings. The fraction of sp³-hybridized carbons (Fsp3) is 0. The second kappa shape index (κ2) is 3.96. The average molecular weight is 196 g/mol. The van der Waals surface area contributed by atoms with E-state index in [-0.39, 0.29) is 0 Å². The van der Waals surface area contributed by atoms with Crippen LogP contribution in [0.1, 0.15) is 5.56 Å². The number of nitrogens with zero attached hydrogens (tertiary/aromatic N) is 1. The third-order valence-electron chi connectivity index (χ3n) is 2.25. The van der Waals surface area contributed by atoms with Crippen molar-refractivity contribution in [2.24, 2.45) is 5.73 Å². The van der Waals surface area contributed by atoms with Gasteiger partial charge in [0.1, 0.15) is 0 Å². The molecule has 2 nitrogen and oxygen atoms in total. The molecule has 1 aromatic heterocycles. The van der Waals surface area contributed by atoms with Crippen molar-refractivity contribution in [3.8, 4) is 11.1 Å². The van der Waals surface area contributed by atoms with Gasteiger partial charge in [-0.2, -0.15) is 0 Å². The van der Waals surface area contributed by atoms with Crippen LogP contribution in [0, 0.1) is 0 Å². The van der Waals surface area contributed by atoms with Crippen molar-refractivity contribution in [3.63, 3.8) is 0 Å². The molecule has 0 aliphatic carbocycles. The Morgan fingerprint density at radius 2 is 1.80 bits per heavy atom. The van der Waals surface area contributed by atoms with Crippen molar-refractivity contribution >= 4 is 5.70 Å². The molecule has 0 fully saturated rings. The standard InChI is InChI=1S/C13H12N2/c1-10(14)11-4-6-12(7-5-11)13-3-2-8-15-9-13/h2-9H,1,14H2. The zero-order valence-electron chi connectivity index (χ0n) is 8.35. The van der Waals surface area contributed by atoms with Gasteiger partial charge in [-0.15, -0.1) is 0 Å². The van der Waals surface area contributed by atoms with Crippen molar-refractivity contribution in [2.45, 2.75) is 0 Å². The highest BCUT2D eigenvalue weighted by atomic mass is 14.6. The lowest BCUT2D eigenvalue weighted by Gasteiger charge is -2.03. The molecule has 2 N–H and O–H groups in total. The highest BCUT2D eigenvalue weighted by Gasteiger charge is 1.97. The Morgan fingerprint density at radius 1 is 1.07 bits per heavy atom. The summed E-state index contributed by atoms with van der Waals surface area (Å²) < 4.78 is 0. The van der Waals surface area contributed by atoms with E-state index in [9.17, 15) is 0 Å². The van der Waals surface area contributed by atoms with Gasteiger partial charge in [0.15, 0.2) is 0 Å². The smallest absolute Gasteiger partial charge is 0.0346 e. The molecule has 2 rings (SSSR count). The first-order valence-electron chi connectivity index (χ1n) is 4.72. The lowest BCUT2D eigenvalue weighted by atomic mass is 10.1. The largest absolute Gasteiger partial charge is 0.399 e. The zero-order chi connectivity index (χ0) is 10.7. The van der Waals surface area contributed by atoms with E-state index < -0.39 is 0 Å². The molecule has 0 aliphatic heterocycles. The fourth-order valence-electron chi connectivity index (χ4n) is 1.41. The maximum absolute atomic E-state index is 5.60. The van der Waals surface area contributed by atoms with Crippen LogP contribution in [0.4, 0.5) is 0 Å². The average Bonchev–Trinajstić information content (AvgIpc) is 2.30. The van der Waals surface area contributed by atoms with Crippen LogP contribution in [0.5, 0.6) is 0 Å². The summed E-state index contributed by atoms with van der Waals surface area (Å²) in [5.41, 5.74) is 9.38. The van der Waals surface area contributed by atoms with Gasteiger partial charge in [0.05, 0.1) is 0 Å². The first-order chi connectivity index (χ1) is 7.27. The van der Waals surface area contributed by atoms with Crippen LogP contribution in [-0.4, -0.2) is 4.98 Å². The summed E-state index contributed by atoms with van der Waals surface area (Å²) in [5, 5.41) is 0. The number of rotatable bonds is 2. The molecule has 0 aliphatic rings. The van der Waals surface area contributed by atoms with E-state index in [4.69, 9.17) is 5.73 Å². The van der Waals surface area contributed by atoms with Gasteiger partial charge in [-0.05, 0) is 22.8 Å². The van der Waals surface area contributed by atoms with E-state index in [0.29, 0.717) is 5.70 Å². The monoisotopic (exact) mass is 196 g/mol. The third kappa shape index (κ3) is 2.05. The molecule has 15 heavy (non-hydrogen) atoms. The number of benzene rings is 1. The minimum absolute atomic E-state index is 0.590. The Morgan fingerprint density at radius 3 is 2.33 bits per heavy atom. The molecule has 0 saturated heterocycles. The number of pyridine rings is 1. The fourth-order valence-corrected chi connectivity index (χ4v) is 1.41. The van der Waals surface area contributed by atoms with Gasteiger partial charge < -0.3 is 5.73 Å². The van der Waals surface area contributed by atoms with Crippen LogP contribution in [0.25, 0.3) is 16.8 Å². The van der Waals surface area contributed by atoms with Crippen molar-refractivity contribution in [2.75, 3.05) is 0 Å². The topological polar surface area (TPSA) is 38.9 Å². The third-order valence-corrected chi connectivity index (χ3v) is 2.25. The van der Waals surface area contributed by atoms with Crippen molar-refractivity contribution in [1.29, 1.82) is 0 Å². The molecule has 0 atom stereocenters. The molecule has 74 valence electrons. The van der Waals surface area contributed by atoms with Gasteiger partial charge in [-0.25, -0.2) is 0 Å². The highest BCUT2D eigenvalue weighted by Crippen LogP contribution is 2.19. The first kappa shape index (κ1) is 9.46. The zero-order valence-corrected chi connectivity index (χ0v) is 8.35. The van der Waals surface area contributed by atoms with E-state index >= 15 is 0 Å². The molecule has 1 heterocycles. The molecular weight excluding hydrogens is 184 g/mol. The van der Waals surface area contributed by atoms with Gasteiger partial charge >= 0.3 is 0 Å². The van der Waals surface area contributed by atoms with Crippen molar-refractivity contribution < 1.29 is 0 Å². The molecule has 1 aromatic carbocycles. The summed E-state index contributed by atoms with van der Waals surface area (Å²) in [5.74, 6) is 0. The summed E-state index contributed by atoms with van der Waals surface area (Å²) in [4.78, 5) is 4.08. The maximum atomic E-state index is 5.60. The summed E-state index contributed by atoms with van der Waals surface area (Å²) in [6, 6.07) is 11.9. The number of hydrogen-bond donors (Lipinski definition) is 1. The Balaban J connectivity index is 2.36. The molecular formula is C13H12N2. The van der Waals surface area contributed by atoms with E-state index in [0.717, 1.165) is 16.7 Å². The van der Waals surface area contributed by atoms with Crippen molar-refractivity contribution in [3.05, 3.63) is 60.9 Å². The highest BCUT2D eigenvalue weighted by molar-refractivity contribution is 5.67. The lowest BCUT2D eigenvalue weighted by Crippen LogP contribution is -1.93. The Labute approximate surface area is 89.1 Å². The van der Waals surface area contributed by atoms with E-state index in [1.165, 1.54) is 0 Å². The number of aromatic nitrogens is 1. The predicted octanol–water partition coefficient (Wildman–Crippen LogP) is 2.68. The minimum Gasteiger partial charge on any atom is -0.399 e. The summed E-state index contributed by atoms with van der Waals surface area (Å²) >= 11 is 0. The first-order valence-corrected chi connectivity index (χ1v) is 4.72. The van der Waals surface area contributed by atoms with Gasteiger partial charge in [0.2, 0.25) is 0 Å². The molecule has 0 spiro atoms. The Hall–Kier alpha value is -2.09. The summed E-state index contributed by atoms with van der Waals surface area (Å²) in [6.45, 7) is 3.69. The van der Waals surface area contributed by atoms with Crippen LogP contribution in [0.3, 0.4) is 0 Å². The Bertz CT molecular complexity index is 458. The van der Waals surface area contributed by atoms with Crippen LogP contribution >= 0.6 is 0 Å². The normalized spacial score (nSPS) is 9.87. The molecule has 0 amide bonds. The SMILES string of the molecule is C=C(N)c1ccc(-c2cccnc2)cc1. The predicted molar refractivity (Wildman–Crippen MR) is 62.9 cm³/mol. The van der Waals surface area contributed by atoms with Gasteiger partial charge in [-0.1, -0.05) is 36.9 Å². The maximum Gasteiger partial charge on any atom is 0.0346 e. The molecule has 2 heteroatoms. The minimum atomic E-state index is 0.590. The Kier molecular flexibility index (Phi) is 2.50. The van der Waals surface area contributed by atoms with Crippen LogP contribution in [-0.2, 0) is 0 Å². The molecule has 0 bridgehead atoms. The van der Waals surface area contributed by atoms with Crippen LogP contribution < -0.4 is 5.73 Å². The second-order valence-corrected chi connectivity index (χ2v) is 3.34. The van der Waals surface area contributed by atoms with E-state index in [1.807, 2.05) is 42.6 Å². The summed E-state index contributed by atoms with van der Waals surface area (Å²) in [6.07, 6.45) is 3.60.